The van der Waals surface area contributed by atoms with Crippen LogP contribution in [0.3, 0.4) is 0 Å². The molecule has 0 aromatic heterocycles. The van der Waals surface area contributed by atoms with Crippen LogP contribution >= 0.6 is 0 Å². The van der Waals surface area contributed by atoms with Crippen molar-refractivity contribution in [2.24, 2.45) is 0 Å². The number of hydrogen-bond donors (Lipinski definition) is 1. The predicted octanol–water partition coefficient (Wildman–Crippen LogP) is 3.24. The van der Waals surface area contributed by atoms with Gasteiger partial charge in [0.2, 0.25) is 5.91 Å². The quantitative estimate of drug-likeness (QED) is 0.778. The molecule has 2 amide bonds. The highest BCUT2D eigenvalue weighted by Gasteiger charge is 2.26. The predicted molar refractivity (Wildman–Crippen MR) is 107 cm³/mol. The molecule has 2 aromatic rings. The largest absolute Gasteiger partial charge is 0.484 e. The fraction of sp³-hybridized carbons (Fsp3) is 0.364. The number of carbonyl (C=O) groups is 2. The van der Waals surface area contributed by atoms with Crippen molar-refractivity contribution < 1.29 is 14.3 Å². The summed E-state index contributed by atoms with van der Waals surface area (Å²) in [6.45, 7) is 8.34. The van der Waals surface area contributed by atoms with E-state index in [0.717, 1.165) is 16.7 Å². The molecule has 2 aromatic carbocycles. The molecule has 5 nitrogen and oxygen atoms in total. The lowest BCUT2D eigenvalue weighted by Crippen LogP contribution is -2.49. The number of benzene rings is 2. The molecular formula is C22H28N2O3. The molecule has 0 bridgehead atoms. The molecule has 0 saturated carbocycles. The number of hydrogen-bond acceptors (Lipinski definition) is 3. The van der Waals surface area contributed by atoms with Crippen LogP contribution in [0.4, 0.5) is 0 Å². The van der Waals surface area contributed by atoms with Gasteiger partial charge in [-0.25, -0.2) is 0 Å². The standard InChI is InChI=1S/C22H28N2O3/c1-5-23-22(26)18(4)24(14-19-9-7-6-8-10-19)21(25)15-27-20-12-16(2)11-17(3)13-20/h6-13,18H,5,14-15H2,1-4H3,(H,23,26)/t18-/m1/s1. The molecule has 0 spiro atoms. The lowest BCUT2D eigenvalue weighted by molar-refractivity contribution is -0.142. The molecule has 0 fully saturated rings. The summed E-state index contributed by atoms with van der Waals surface area (Å²) >= 11 is 0. The minimum atomic E-state index is -0.583. The molecule has 0 saturated heterocycles. The van der Waals surface area contributed by atoms with E-state index in [4.69, 9.17) is 4.74 Å². The van der Waals surface area contributed by atoms with E-state index in [1.165, 1.54) is 0 Å². The summed E-state index contributed by atoms with van der Waals surface area (Å²) in [6.07, 6.45) is 0. The third kappa shape index (κ3) is 6.13. The summed E-state index contributed by atoms with van der Waals surface area (Å²) in [6, 6.07) is 14.9. The molecule has 0 radical (unpaired) electrons. The third-order valence-electron chi connectivity index (χ3n) is 4.27. The van der Waals surface area contributed by atoms with Gasteiger partial charge in [-0.2, -0.15) is 0 Å². The Hall–Kier alpha value is -2.82. The first-order valence-electron chi connectivity index (χ1n) is 9.23. The number of rotatable bonds is 8. The summed E-state index contributed by atoms with van der Waals surface area (Å²) < 4.78 is 5.72. The van der Waals surface area contributed by atoms with Crippen molar-refractivity contribution >= 4 is 11.8 Å². The van der Waals surface area contributed by atoms with Crippen molar-refractivity contribution in [3.8, 4) is 5.75 Å². The van der Waals surface area contributed by atoms with E-state index in [1.807, 2.05) is 69.3 Å². The third-order valence-corrected chi connectivity index (χ3v) is 4.27. The summed E-state index contributed by atoms with van der Waals surface area (Å²) in [7, 11) is 0. The Bertz CT molecular complexity index is 754. The van der Waals surface area contributed by atoms with Gasteiger partial charge in [-0.05, 0) is 56.5 Å². The summed E-state index contributed by atoms with van der Waals surface area (Å²) in [4.78, 5) is 26.7. The molecule has 5 heteroatoms. The van der Waals surface area contributed by atoms with E-state index < -0.39 is 6.04 Å². The Morgan fingerprint density at radius 3 is 2.30 bits per heavy atom. The second kappa shape index (κ2) is 9.76. The number of ether oxygens (including phenoxy) is 1. The number of aryl methyl sites for hydroxylation is 2. The van der Waals surface area contributed by atoms with E-state index in [-0.39, 0.29) is 18.4 Å². The molecule has 1 N–H and O–H groups in total. The van der Waals surface area contributed by atoms with E-state index in [9.17, 15) is 9.59 Å². The van der Waals surface area contributed by atoms with Gasteiger partial charge < -0.3 is 15.0 Å². The number of carbonyl (C=O) groups excluding carboxylic acids is 2. The van der Waals surface area contributed by atoms with Crippen molar-refractivity contribution in [1.29, 1.82) is 0 Å². The number of nitrogens with zero attached hydrogens (tertiary/aromatic N) is 1. The zero-order valence-corrected chi connectivity index (χ0v) is 16.5. The molecule has 1 atom stereocenters. The van der Waals surface area contributed by atoms with Crippen LogP contribution in [-0.4, -0.2) is 35.9 Å². The normalized spacial score (nSPS) is 11.6. The lowest BCUT2D eigenvalue weighted by Gasteiger charge is -2.28. The number of nitrogens with one attached hydrogen (secondary N) is 1. The van der Waals surface area contributed by atoms with Crippen LogP contribution in [-0.2, 0) is 16.1 Å². The highest BCUT2D eigenvalue weighted by atomic mass is 16.5. The van der Waals surface area contributed by atoms with Crippen molar-refractivity contribution in [3.05, 3.63) is 65.2 Å². The van der Waals surface area contributed by atoms with Gasteiger partial charge in [0.25, 0.3) is 5.91 Å². The topological polar surface area (TPSA) is 58.6 Å². The van der Waals surface area contributed by atoms with E-state index in [0.29, 0.717) is 18.8 Å². The Morgan fingerprint density at radius 2 is 1.70 bits per heavy atom. The fourth-order valence-electron chi connectivity index (χ4n) is 2.93. The maximum Gasteiger partial charge on any atom is 0.261 e. The minimum absolute atomic E-state index is 0.112. The van der Waals surface area contributed by atoms with Gasteiger partial charge in [0.15, 0.2) is 6.61 Å². The van der Waals surface area contributed by atoms with Gasteiger partial charge in [0.1, 0.15) is 11.8 Å². The van der Waals surface area contributed by atoms with Crippen LogP contribution < -0.4 is 10.1 Å². The smallest absolute Gasteiger partial charge is 0.261 e. The van der Waals surface area contributed by atoms with Crippen LogP contribution in [0.25, 0.3) is 0 Å². The van der Waals surface area contributed by atoms with Gasteiger partial charge in [-0.1, -0.05) is 36.4 Å². The first-order chi connectivity index (χ1) is 12.9. The van der Waals surface area contributed by atoms with Crippen LogP contribution in [0.15, 0.2) is 48.5 Å². The van der Waals surface area contributed by atoms with Gasteiger partial charge in [-0.3, -0.25) is 9.59 Å². The Morgan fingerprint density at radius 1 is 1.07 bits per heavy atom. The first kappa shape index (κ1) is 20.5. The molecular weight excluding hydrogens is 340 g/mol. The fourth-order valence-corrected chi connectivity index (χ4v) is 2.93. The van der Waals surface area contributed by atoms with E-state index >= 15 is 0 Å². The highest BCUT2D eigenvalue weighted by molar-refractivity contribution is 5.87. The highest BCUT2D eigenvalue weighted by Crippen LogP contribution is 2.17. The van der Waals surface area contributed by atoms with Gasteiger partial charge in [0, 0.05) is 13.1 Å². The second-order valence-electron chi connectivity index (χ2n) is 6.69. The monoisotopic (exact) mass is 368 g/mol. The molecule has 27 heavy (non-hydrogen) atoms. The zero-order valence-electron chi connectivity index (χ0n) is 16.5. The van der Waals surface area contributed by atoms with Gasteiger partial charge in [0.05, 0.1) is 0 Å². The Kier molecular flexibility index (Phi) is 7.41. The summed E-state index contributed by atoms with van der Waals surface area (Å²) in [5.41, 5.74) is 3.12. The maximum absolute atomic E-state index is 12.9. The van der Waals surface area contributed by atoms with Crippen molar-refractivity contribution in [1.82, 2.24) is 10.2 Å². The second-order valence-corrected chi connectivity index (χ2v) is 6.69. The van der Waals surface area contributed by atoms with Gasteiger partial charge in [-0.15, -0.1) is 0 Å². The number of likely N-dealkylation sites (N-methyl/N-ethyl adjacent to an activating group) is 1. The van der Waals surface area contributed by atoms with Crippen LogP contribution in [0.1, 0.15) is 30.5 Å². The molecule has 0 aliphatic rings. The summed E-state index contributed by atoms with van der Waals surface area (Å²) in [5, 5.41) is 2.78. The van der Waals surface area contributed by atoms with Crippen LogP contribution in [0.5, 0.6) is 5.75 Å². The zero-order chi connectivity index (χ0) is 19.8. The molecule has 0 heterocycles. The average molecular weight is 368 g/mol. The minimum Gasteiger partial charge on any atom is -0.484 e. The SMILES string of the molecule is CCNC(=O)[C@@H](C)N(Cc1ccccc1)C(=O)COc1cc(C)cc(C)c1. The molecule has 0 aliphatic heterocycles. The average Bonchev–Trinajstić information content (AvgIpc) is 2.64. The first-order valence-corrected chi connectivity index (χ1v) is 9.23. The number of amides is 2. The Labute approximate surface area is 161 Å². The summed E-state index contributed by atoms with van der Waals surface area (Å²) in [5.74, 6) is 0.260. The van der Waals surface area contributed by atoms with Crippen molar-refractivity contribution in [3.63, 3.8) is 0 Å². The Balaban J connectivity index is 2.12. The molecule has 0 aliphatic carbocycles. The van der Waals surface area contributed by atoms with Crippen LogP contribution in [0, 0.1) is 13.8 Å². The van der Waals surface area contributed by atoms with E-state index in [2.05, 4.69) is 5.32 Å². The lowest BCUT2D eigenvalue weighted by atomic mass is 10.1. The molecule has 144 valence electrons. The van der Waals surface area contributed by atoms with Gasteiger partial charge >= 0.3 is 0 Å². The maximum atomic E-state index is 12.9. The van der Waals surface area contributed by atoms with Crippen molar-refractivity contribution in [2.75, 3.05) is 13.2 Å². The molecule has 0 unspecified atom stereocenters. The van der Waals surface area contributed by atoms with Crippen LogP contribution in [0.2, 0.25) is 0 Å². The van der Waals surface area contributed by atoms with Crippen molar-refractivity contribution in [2.45, 2.75) is 40.3 Å². The molecule has 2 rings (SSSR count). The van der Waals surface area contributed by atoms with E-state index in [1.54, 1.807) is 11.8 Å².